The number of carbonyl (C=O) groups excluding carboxylic acids is 7. The van der Waals surface area contributed by atoms with Crippen molar-refractivity contribution in [3.8, 4) is 0 Å². The maximum atomic E-state index is 14.8. The number of esters is 1. The van der Waals surface area contributed by atoms with Crippen LogP contribution >= 0.6 is 0 Å². The summed E-state index contributed by atoms with van der Waals surface area (Å²) < 4.78 is 5.75. The van der Waals surface area contributed by atoms with Crippen LogP contribution in [0.4, 0.5) is 0 Å². The van der Waals surface area contributed by atoms with Gasteiger partial charge in [-0.15, -0.1) is 0 Å². The van der Waals surface area contributed by atoms with Crippen molar-refractivity contribution in [1.29, 1.82) is 0 Å². The highest BCUT2D eigenvalue weighted by atomic mass is 16.5. The molecule has 0 radical (unpaired) electrons. The molecule has 6 amide bonds. The molecule has 11 atom stereocenters. The number of nitrogens with zero attached hydrogens (tertiary/aromatic N) is 3. The second-order valence-electron chi connectivity index (χ2n) is 15.6. The standard InChI is InChI=1S/C40H63N9O11/c1-7-21(3)30-39(59)60-23(5)31(47-35(55)28(51)20-50)36(56)44-25(15-12-18-43-40(41)42)33(53)45-26-16-17-29(52)49(37(26)57)32(22(4)8-2)38(58)48(6)27(34(54)46-30)19-24-13-10-9-11-14-24/h9-11,13-14,21-23,25-32,50-52H,7-8,12,15-20H2,1-6H3,(H,44,56)(H,45,53)(H,46,54)(H,47,55)(H4,41,42,43)/t21-,22-,23-,25+,26+,27+,28+,29-,30+,31+,32-/m1/s1. The largest absolute Gasteiger partial charge is 0.458 e. The van der Waals surface area contributed by atoms with E-state index < -0.39 is 115 Å². The number of aliphatic hydroxyl groups excluding tert-OH is 3. The van der Waals surface area contributed by atoms with Crippen LogP contribution in [0.3, 0.4) is 0 Å². The molecule has 2 saturated heterocycles. The molecule has 334 valence electrons. The van der Waals surface area contributed by atoms with Gasteiger partial charge in [0.15, 0.2) is 12.1 Å². The third kappa shape index (κ3) is 12.8. The normalized spacial score (nSPS) is 27.8. The Hall–Kier alpha value is -5.34. The minimum Gasteiger partial charge on any atom is -0.458 e. The Morgan fingerprint density at radius 1 is 0.950 bits per heavy atom. The van der Waals surface area contributed by atoms with Crippen molar-refractivity contribution >= 4 is 47.4 Å². The summed E-state index contributed by atoms with van der Waals surface area (Å²) in [4.78, 5) is 105. The minimum atomic E-state index is -1.97. The number of likely N-dealkylation sites (N-methyl/N-ethyl adjacent to an activating group) is 1. The van der Waals surface area contributed by atoms with Crippen molar-refractivity contribution in [2.24, 2.45) is 28.3 Å². The molecule has 1 aromatic rings. The molecule has 0 aromatic heterocycles. The third-order valence-electron chi connectivity index (χ3n) is 11.2. The van der Waals surface area contributed by atoms with Crippen LogP contribution in [-0.2, 0) is 44.7 Å². The summed E-state index contributed by atoms with van der Waals surface area (Å²) in [6.45, 7) is 7.30. The van der Waals surface area contributed by atoms with Gasteiger partial charge in [0.25, 0.3) is 5.91 Å². The molecular weight excluding hydrogens is 782 g/mol. The second-order valence-corrected chi connectivity index (χ2v) is 15.6. The van der Waals surface area contributed by atoms with Crippen LogP contribution in [0.5, 0.6) is 0 Å². The molecule has 2 aliphatic rings. The summed E-state index contributed by atoms with van der Waals surface area (Å²) in [5.74, 6) is -7.59. The van der Waals surface area contributed by atoms with E-state index in [-0.39, 0.29) is 44.6 Å². The number of cyclic esters (lactones) is 1. The summed E-state index contributed by atoms with van der Waals surface area (Å²) in [6.07, 6.45) is -4.21. The highest BCUT2D eigenvalue weighted by Gasteiger charge is 2.47. The van der Waals surface area contributed by atoms with Gasteiger partial charge in [0, 0.05) is 20.0 Å². The zero-order chi connectivity index (χ0) is 44.8. The predicted molar refractivity (Wildman–Crippen MR) is 218 cm³/mol. The minimum absolute atomic E-state index is 0.0119. The molecule has 20 heteroatoms. The summed E-state index contributed by atoms with van der Waals surface area (Å²) in [7, 11) is 1.41. The first-order chi connectivity index (χ1) is 28.4. The molecule has 0 spiro atoms. The van der Waals surface area contributed by atoms with Crippen molar-refractivity contribution in [2.45, 2.75) is 134 Å². The first-order valence-corrected chi connectivity index (χ1v) is 20.4. The lowest BCUT2D eigenvalue weighted by Gasteiger charge is -2.44. The summed E-state index contributed by atoms with van der Waals surface area (Å²) in [5, 5.41) is 41.1. The van der Waals surface area contributed by atoms with Gasteiger partial charge in [-0.2, -0.15) is 0 Å². The Kier molecular flexibility index (Phi) is 18.7. The van der Waals surface area contributed by atoms with Gasteiger partial charge in [0.2, 0.25) is 29.5 Å². The van der Waals surface area contributed by atoms with Crippen LogP contribution in [0.15, 0.2) is 35.3 Å². The molecular formula is C40H63N9O11. The molecule has 2 heterocycles. The number of amides is 6. The lowest BCUT2D eigenvalue weighted by Crippen LogP contribution is -2.66. The molecule has 0 saturated carbocycles. The zero-order valence-corrected chi connectivity index (χ0v) is 35.2. The summed E-state index contributed by atoms with van der Waals surface area (Å²) >= 11 is 0. The molecule has 0 unspecified atom stereocenters. The molecule has 2 aliphatic heterocycles. The van der Waals surface area contributed by atoms with Crippen LogP contribution in [-0.4, -0.2) is 147 Å². The second kappa shape index (κ2) is 22.9. The number of benzene rings is 1. The quantitative estimate of drug-likeness (QED) is 0.0439. The van der Waals surface area contributed by atoms with E-state index in [1.54, 1.807) is 58.0 Å². The van der Waals surface area contributed by atoms with E-state index >= 15 is 0 Å². The first kappa shape index (κ1) is 49.0. The smallest absolute Gasteiger partial charge is 0.329 e. The Bertz CT molecular complexity index is 1700. The predicted octanol–water partition coefficient (Wildman–Crippen LogP) is -2.25. The lowest BCUT2D eigenvalue weighted by atomic mass is 9.91. The molecule has 60 heavy (non-hydrogen) atoms. The number of guanidine groups is 1. The fraction of sp³-hybridized carbons (Fsp3) is 0.650. The molecule has 11 N–H and O–H groups in total. The van der Waals surface area contributed by atoms with E-state index in [9.17, 15) is 48.9 Å². The maximum absolute atomic E-state index is 14.8. The van der Waals surface area contributed by atoms with Gasteiger partial charge >= 0.3 is 5.97 Å². The molecule has 3 rings (SSSR count). The monoisotopic (exact) mass is 845 g/mol. The number of nitrogens with two attached hydrogens (primary N) is 2. The van der Waals surface area contributed by atoms with Crippen molar-refractivity contribution in [1.82, 2.24) is 31.1 Å². The highest BCUT2D eigenvalue weighted by molar-refractivity contribution is 5.98. The van der Waals surface area contributed by atoms with Gasteiger partial charge < -0.3 is 62.6 Å². The number of aliphatic imine (C=N–C) groups is 1. The number of piperidine rings is 1. The van der Waals surface area contributed by atoms with Gasteiger partial charge in [0.1, 0.15) is 48.6 Å². The van der Waals surface area contributed by atoms with E-state index in [1.807, 2.05) is 0 Å². The number of ether oxygens (including phenoxy) is 1. The number of fused-ring (bicyclic) bond motifs is 2. The van der Waals surface area contributed by atoms with E-state index in [0.717, 1.165) is 4.90 Å². The van der Waals surface area contributed by atoms with E-state index in [0.29, 0.717) is 18.4 Å². The van der Waals surface area contributed by atoms with E-state index in [1.165, 1.54) is 18.9 Å². The highest BCUT2D eigenvalue weighted by Crippen LogP contribution is 2.28. The van der Waals surface area contributed by atoms with Gasteiger partial charge in [-0.05, 0) is 50.0 Å². The summed E-state index contributed by atoms with van der Waals surface area (Å²) in [5.41, 5.74) is 11.6. The first-order valence-electron chi connectivity index (χ1n) is 20.4. The lowest BCUT2D eigenvalue weighted by molar-refractivity contribution is -0.168. The van der Waals surface area contributed by atoms with Gasteiger partial charge in [-0.25, -0.2) is 4.79 Å². The average molecular weight is 846 g/mol. The van der Waals surface area contributed by atoms with E-state index in [4.69, 9.17) is 16.2 Å². The van der Waals surface area contributed by atoms with Crippen molar-refractivity contribution in [3.63, 3.8) is 0 Å². The fourth-order valence-corrected chi connectivity index (χ4v) is 7.10. The van der Waals surface area contributed by atoms with Crippen molar-refractivity contribution < 1.29 is 53.6 Å². The number of aliphatic hydroxyl groups is 3. The maximum Gasteiger partial charge on any atom is 0.329 e. The van der Waals surface area contributed by atoms with Crippen molar-refractivity contribution in [2.75, 3.05) is 20.2 Å². The van der Waals surface area contributed by atoms with Gasteiger partial charge in [0.05, 0.1) is 6.61 Å². The van der Waals surface area contributed by atoms with Crippen LogP contribution in [0, 0.1) is 11.8 Å². The van der Waals surface area contributed by atoms with Crippen molar-refractivity contribution in [3.05, 3.63) is 35.9 Å². The average Bonchev–Trinajstić information content (AvgIpc) is 3.22. The summed E-state index contributed by atoms with van der Waals surface area (Å²) in [6, 6.07) is 0.512. The van der Waals surface area contributed by atoms with Crippen LogP contribution in [0.1, 0.15) is 78.7 Å². The van der Waals surface area contributed by atoms with Gasteiger partial charge in [-0.1, -0.05) is 70.9 Å². The molecule has 0 aliphatic carbocycles. The number of hydrogen-bond donors (Lipinski definition) is 9. The Labute approximate surface area is 350 Å². The topological polar surface area (TPSA) is 308 Å². The number of hydrogen-bond acceptors (Lipinski definition) is 12. The third-order valence-corrected chi connectivity index (χ3v) is 11.2. The molecule has 2 fully saturated rings. The Morgan fingerprint density at radius 2 is 1.60 bits per heavy atom. The Balaban J connectivity index is 2.24. The number of carbonyl (C=O) groups is 7. The van der Waals surface area contributed by atoms with Gasteiger partial charge in [-0.3, -0.25) is 33.8 Å². The number of nitrogens with one attached hydrogen (secondary N) is 4. The Morgan fingerprint density at radius 3 is 2.20 bits per heavy atom. The van der Waals surface area contributed by atoms with Crippen LogP contribution < -0.4 is 32.7 Å². The number of rotatable bonds is 13. The molecule has 1 aromatic carbocycles. The van der Waals surface area contributed by atoms with Crippen LogP contribution in [0.25, 0.3) is 0 Å². The molecule has 20 nitrogen and oxygen atoms in total. The van der Waals surface area contributed by atoms with E-state index in [2.05, 4.69) is 26.3 Å². The van der Waals surface area contributed by atoms with Crippen LogP contribution in [0.2, 0.25) is 0 Å². The fourth-order valence-electron chi connectivity index (χ4n) is 7.10. The zero-order valence-electron chi connectivity index (χ0n) is 35.2. The SMILES string of the molecule is CC[C@@H](C)[C@@H]1NC(=O)[C@H](Cc2ccccc2)N(C)C(=O)[C@@H]([C@H](C)CC)N2C(=O)[C@H](CC[C@H]2O)NC(=O)[C@H](CCCN=C(N)N)NC(=O)[C@@H](NC(=O)[C@@H](O)CO)[C@@H](C)OC1=O. The molecule has 2 bridgehead atoms.